The molecule has 0 aliphatic rings. The van der Waals surface area contributed by atoms with Crippen molar-refractivity contribution in [1.82, 2.24) is 0 Å². The minimum absolute atomic E-state index is 0.597. The average Bonchev–Trinajstić information content (AvgIpc) is 2.50. The van der Waals surface area contributed by atoms with E-state index in [1.165, 1.54) is 5.56 Å². The van der Waals surface area contributed by atoms with Gasteiger partial charge in [-0.25, -0.2) is 0 Å². The van der Waals surface area contributed by atoms with Crippen molar-refractivity contribution < 1.29 is 13.3 Å². The normalized spacial score (nSPS) is 10.8. The minimum atomic E-state index is -2.40. The lowest BCUT2D eigenvalue weighted by Crippen LogP contribution is -2.43. The number of hydrogen-bond acceptors (Lipinski definition) is 5. The molecular weight excluding hydrogens is 260 g/mol. The highest BCUT2D eigenvalue weighted by Gasteiger charge is 2.36. The predicted octanol–water partition coefficient (Wildman–Crippen LogP) is 1.01. The van der Waals surface area contributed by atoms with Gasteiger partial charge in [0.05, 0.1) is 0 Å². The summed E-state index contributed by atoms with van der Waals surface area (Å²) in [6.07, 6.45) is 0.919. The summed E-state index contributed by atoms with van der Waals surface area (Å²) in [5.41, 5.74) is 11.1. The quantitative estimate of drug-likeness (QED) is 0.731. The first-order valence-corrected chi connectivity index (χ1v) is 8.20. The van der Waals surface area contributed by atoms with Gasteiger partial charge in [0.2, 0.25) is 0 Å². The van der Waals surface area contributed by atoms with Gasteiger partial charge in [-0.1, -0.05) is 30.3 Å². The van der Waals surface area contributed by atoms with Gasteiger partial charge in [0.15, 0.2) is 0 Å². The van der Waals surface area contributed by atoms with Crippen molar-refractivity contribution in [2.24, 2.45) is 11.5 Å². The molecule has 0 aliphatic heterocycles. The van der Waals surface area contributed by atoms with Crippen LogP contribution in [-0.2, 0) is 19.7 Å². The highest BCUT2D eigenvalue weighted by molar-refractivity contribution is 6.60. The molecule has 110 valence electrons. The van der Waals surface area contributed by atoms with Gasteiger partial charge in [0, 0.05) is 40.5 Å². The molecule has 1 aromatic rings. The fourth-order valence-corrected chi connectivity index (χ4v) is 3.21. The number of benzene rings is 1. The Morgan fingerprint density at radius 3 is 1.74 bits per heavy atom. The van der Waals surface area contributed by atoms with Crippen molar-refractivity contribution >= 4 is 8.80 Å². The van der Waals surface area contributed by atoms with Crippen molar-refractivity contribution in [2.45, 2.75) is 12.5 Å². The molecule has 0 unspecified atom stereocenters. The Morgan fingerprint density at radius 1 is 0.895 bits per heavy atom. The van der Waals surface area contributed by atoms with Crippen molar-refractivity contribution in [1.29, 1.82) is 0 Å². The second kappa shape index (κ2) is 11.1. The van der Waals surface area contributed by atoms with Crippen LogP contribution in [0.5, 0.6) is 0 Å². The van der Waals surface area contributed by atoms with Crippen LogP contribution in [0, 0.1) is 0 Å². The first kappa shape index (κ1) is 18.2. The third-order valence-corrected chi connectivity index (χ3v) is 5.39. The molecule has 0 atom stereocenters. The Hall–Kier alpha value is -0.763. The summed E-state index contributed by atoms with van der Waals surface area (Å²) in [7, 11) is 2.53. The first-order chi connectivity index (χ1) is 9.17. The topological polar surface area (TPSA) is 79.7 Å². The van der Waals surface area contributed by atoms with Crippen molar-refractivity contribution in [3.63, 3.8) is 0 Å². The molecule has 1 aromatic carbocycles. The zero-order chi connectivity index (χ0) is 14.6. The number of hydrogen-bond donors (Lipinski definition) is 2. The monoisotopic (exact) mass is 286 g/mol. The lowest BCUT2D eigenvalue weighted by molar-refractivity contribution is 0.123. The number of rotatable bonds is 7. The average molecular weight is 286 g/mol. The SMILES string of the molecule is CO[Si](CCc1ccccc1)(OC)OC.NCCN. The van der Waals surface area contributed by atoms with E-state index < -0.39 is 8.80 Å². The summed E-state index contributed by atoms with van der Waals surface area (Å²) < 4.78 is 16.1. The van der Waals surface area contributed by atoms with Crippen LogP contribution in [0.25, 0.3) is 0 Å². The van der Waals surface area contributed by atoms with Crippen LogP contribution < -0.4 is 11.5 Å². The molecule has 0 saturated carbocycles. The Kier molecular flexibility index (Phi) is 10.7. The zero-order valence-electron chi connectivity index (χ0n) is 12.1. The van der Waals surface area contributed by atoms with Crippen molar-refractivity contribution in [3.8, 4) is 0 Å². The second-order valence-corrected chi connectivity index (χ2v) is 6.95. The van der Waals surface area contributed by atoms with Crippen molar-refractivity contribution in [3.05, 3.63) is 35.9 Å². The van der Waals surface area contributed by atoms with Gasteiger partial charge in [-0.15, -0.1) is 0 Å². The smallest absolute Gasteiger partial charge is 0.377 e. The highest BCUT2D eigenvalue weighted by Crippen LogP contribution is 2.16. The molecule has 0 spiro atoms. The van der Waals surface area contributed by atoms with Gasteiger partial charge < -0.3 is 24.7 Å². The summed E-state index contributed by atoms with van der Waals surface area (Å²) in [6.45, 7) is 1.19. The van der Waals surface area contributed by atoms with Crippen LogP contribution in [0.4, 0.5) is 0 Å². The molecule has 0 fully saturated rings. The fourth-order valence-electron chi connectivity index (χ4n) is 1.50. The van der Waals surface area contributed by atoms with Crippen molar-refractivity contribution in [2.75, 3.05) is 34.4 Å². The van der Waals surface area contributed by atoms with Gasteiger partial charge in [-0.05, 0) is 12.0 Å². The van der Waals surface area contributed by atoms with Gasteiger partial charge in [0.25, 0.3) is 0 Å². The maximum absolute atomic E-state index is 5.35. The predicted molar refractivity (Wildman–Crippen MR) is 79.8 cm³/mol. The van der Waals surface area contributed by atoms with Gasteiger partial charge in [0.1, 0.15) is 0 Å². The van der Waals surface area contributed by atoms with Crippen LogP contribution in [0.1, 0.15) is 5.56 Å². The Labute approximate surface area is 117 Å². The Balaban J connectivity index is 0.000000711. The third kappa shape index (κ3) is 7.41. The van der Waals surface area contributed by atoms with Gasteiger partial charge in [-0.2, -0.15) is 0 Å². The molecule has 0 aliphatic carbocycles. The van der Waals surface area contributed by atoms with E-state index in [9.17, 15) is 0 Å². The zero-order valence-corrected chi connectivity index (χ0v) is 13.1. The molecule has 0 bridgehead atoms. The van der Waals surface area contributed by atoms with Gasteiger partial charge >= 0.3 is 8.80 Å². The van der Waals surface area contributed by atoms with Crippen LogP contribution >= 0.6 is 0 Å². The van der Waals surface area contributed by atoms with E-state index >= 15 is 0 Å². The maximum Gasteiger partial charge on any atom is 0.500 e. The van der Waals surface area contributed by atoms with Crippen LogP contribution in [0.3, 0.4) is 0 Å². The van der Waals surface area contributed by atoms with E-state index in [0.717, 1.165) is 12.5 Å². The fraction of sp³-hybridized carbons (Fsp3) is 0.538. The van der Waals surface area contributed by atoms with E-state index in [4.69, 9.17) is 24.7 Å². The summed E-state index contributed by atoms with van der Waals surface area (Å²) in [5, 5.41) is 0. The van der Waals surface area contributed by atoms with Crippen LogP contribution in [0.15, 0.2) is 30.3 Å². The second-order valence-electron chi connectivity index (χ2n) is 3.86. The van der Waals surface area contributed by atoms with E-state index in [2.05, 4.69) is 12.1 Å². The molecule has 19 heavy (non-hydrogen) atoms. The maximum atomic E-state index is 5.35. The van der Waals surface area contributed by atoms with Gasteiger partial charge in [-0.3, -0.25) is 0 Å². The molecule has 5 nitrogen and oxygen atoms in total. The molecule has 0 saturated heterocycles. The standard InChI is InChI=1S/C11H18O3Si.C2H8N2/c1-12-15(13-2,14-3)10-9-11-7-5-4-6-8-11;3-1-2-4/h4-8H,9-10H2,1-3H3;1-4H2. The molecule has 6 heteroatoms. The van der Waals surface area contributed by atoms with Crippen LogP contribution in [-0.4, -0.2) is 43.2 Å². The molecule has 1 rings (SSSR count). The Morgan fingerprint density at radius 2 is 1.37 bits per heavy atom. The summed E-state index contributed by atoms with van der Waals surface area (Å²) >= 11 is 0. The van der Waals surface area contributed by atoms with E-state index in [-0.39, 0.29) is 0 Å². The Bertz CT molecular complexity index is 298. The summed E-state index contributed by atoms with van der Waals surface area (Å²) in [4.78, 5) is 0. The van der Waals surface area contributed by atoms with E-state index in [0.29, 0.717) is 13.1 Å². The highest BCUT2D eigenvalue weighted by atomic mass is 28.4. The number of nitrogens with two attached hydrogens (primary N) is 2. The minimum Gasteiger partial charge on any atom is -0.377 e. The molecule has 0 radical (unpaired) electrons. The molecule has 4 N–H and O–H groups in total. The molecule has 0 aromatic heterocycles. The number of aryl methyl sites for hydroxylation is 1. The lowest BCUT2D eigenvalue weighted by atomic mass is 10.2. The third-order valence-electron chi connectivity index (χ3n) is 2.66. The molecule has 0 heterocycles. The largest absolute Gasteiger partial charge is 0.500 e. The van der Waals surface area contributed by atoms with Crippen LogP contribution in [0.2, 0.25) is 6.04 Å². The summed E-state index contributed by atoms with van der Waals surface area (Å²) in [5.74, 6) is 0. The lowest BCUT2D eigenvalue weighted by Gasteiger charge is -2.24. The molecular formula is C13H26N2O3Si. The molecule has 0 amide bonds. The summed E-state index contributed by atoms with van der Waals surface area (Å²) in [6, 6.07) is 11.1. The first-order valence-electron chi connectivity index (χ1n) is 6.27. The van der Waals surface area contributed by atoms with E-state index in [1.54, 1.807) is 21.3 Å². The van der Waals surface area contributed by atoms with E-state index in [1.807, 2.05) is 18.2 Å².